The number of aromatic amines is 1. The Balaban J connectivity index is 1.61. The summed E-state index contributed by atoms with van der Waals surface area (Å²) in [6.45, 7) is 0.633. The van der Waals surface area contributed by atoms with Gasteiger partial charge in [0.2, 0.25) is 5.75 Å². The first-order valence-corrected chi connectivity index (χ1v) is 10.9. The lowest BCUT2D eigenvalue weighted by Gasteiger charge is -2.37. The molecule has 3 aromatic carbocycles. The van der Waals surface area contributed by atoms with Gasteiger partial charge in [-0.2, -0.15) is 0 Å². The summed E-state index contributed by atoms with van der Waals surface area (Å²) in [6, 6.07) is 22.1. The maximum Gasteiger partial charge on any atom is 0.271 e. The van der Waals surface area contributed by atoms with Crippen molar-refractivity contribution >= 4 is 16.8 Å². The lowest BCUT2D eigenvalue weighted by molar-refractivity contribution is 0.0689. The zero-order valence-corrected chi connectivity index (χ0v) is 18.9. The molecule has 1 aliphatic heterocycles. The average Bonchev–Trinajstić information content (AvgIpc) is 3.30. The lowest BCUT2D eigenvalue weighted by Crippen LogP contribution is -2.40. The van der Waals surface area contributed by atoms with Crippen LogP contribution in [-0.4, -0.2) is 43.7 Å². The molecule has 5 rings (SSSR count). The number of carbonyl (C=O) groups excluding carboxylic acids is 1. The Kier molecular flexibility index (Phi) is 5.42. The number of hydrogen-bond acceptors (Lipinski definition) is 4. The van der Waals surface area contributed by atoms with Crippen LogP contribution in [-0.2, 0) is 6.42 Å². The third-order valence-corrected chi connectivity index (χ3v) is 6.31. The molecule has 1 aliphatic rings. The highest BCUT2D eigenvalue weighted by atomic mass is 16.5. The van der Waals surface area contributed by atoms with Crippen LogP contribution >= 0.6 is 0 Å². The quantitative estimate of drug-likeness (QED) is 0.473. The van der Waals surface area contributed by atoms with Gasteiger partial charge in [-0.3, -0.25) is 4.79 Å². The molecule has 1 N–H and O–H groups in total. The van der Waals surface area contributed by atoms with Crippen LogP contribution in [0.2, 0.25) is 0 Å². The SMILES string of the molecule is COc1cc2cc(C(=O)N3CCc4ccccc4[C@H]3c3ccccc3)[nH]c2c(OC)c1OC. The van der Waals surface area contributed by atoms with Gasteiger partial charge in [0.25, 0.3) is 5.91 Å². The number of fused-ring (bicyclic) bond motifs is 2. The van der Waals surface area contributed by atoms with Gasteiger partial charge in [-0.05, 0) is 35.2 Å². The van der Waals surface area contributed by atoms with E-state index in [1.165, 1.54) is 11.1 Å². The molecule has 6 heteroatoms. The van der Waals surface area contributed by atoms with Gasteiger partial charge in [-0.25, -0.2) is 0 Å². The zero-order valence-electron chi connectivity index (χ0n) is 18.9. The van der Waals surface area contributed by atoms with Crippen LogP contribution in [0.3, 0.4) is 0 Å². The predicted octanol–water partition coefficient (Wildman–Crippen LogP) is 4.98. The van der Waals surface area contributed by atoms with Gasteiger partial charge in [0.15, 0.2) is 11.5 Å². The number of ether oxygens (including phenoxy) is 3. The standard InChI is InChI=1S/C27H26N2O4/c1-31-22-16-19-15-21(28-23(19)26(33-3)25(22)32-2)27(30)29-14-13-17-9-7-8-12-20(17)24(29)18-10-5-4-6-11-18/h4-12,15-16,24,28H,13-14H2,1-3H3/t24-/m1/s1. The van der Waals surface area contributed by atoms with Crippen molar-refractivity contribution < 1.29 is 19.0 Å². The minimum Gasteiger partial charge on any atom is -0.493 e. The Morgan fingerprint density at radius 3 is 2.36 bits per heavy atom. The van der Waals surface area contributed by atoms with Crippen LogP contribution in [0, 0.1) is 0 Å². The van der Waals surface area contributed by atoms with E-state index in [0.29, 0.717) is 35.0 Å². The van der Waals surface area contributed by atoms with E-state index in [4.69, 9.17) is 14.2 Å². The monoisotopic (exact) mass is 442 g/mol. The molecule has 1 atom stereocenters. The molecule has 0 saturated heterocycles. The lowest BCUT2D eigenvalue weighted by atomic mass is 9.88. The fourth-order valence-electron chi connectivity index (χ4n) is 4.79. The molecule has 2 heterocycles. The van der Waals surface area contributed by atoms with E-state index in [0.717, 1.165) is 17.4 Å². The van der Waals surface area contributed by atoms with E-state index in [2.05, 4.69) is 35.3 Å². The Morgan fingerprint density at radius 1 is 0.909 bits per heavy atom. The third kappa shape index (κ3) is 3.48. The van der Waals surface area contributed by atoms with Crippen molar-refractivity contribution in [3.05, 3.63) is 89.1 Å². The first kappa shape index (κ1) is 20.9. The fourth-order valence-corrected chi connectivity index (χ4v) is 4.79. The Bertz CT molecular complexity index is 1310. The summed E-state index contributed by atoms with van der Waals surface area (Å²) >= 11 is 0. The van der Waals surface area contributed by atoms with Crippen LogP contribution in [0.5, 0.6) is 17.2 Å². The molecule has 1 aromatic heterocycles. The number of H-pyrrole nitrogens is 1. The number of rotatable bonds is 5. The van der Waals surface area contributed by atoms with Gasteiger partial charge < -0.3 is 24.1 Å². The van der Waals surface area contributed by atoms with Crippen LogP contribution in [0.1, 0.15) is 33.2 Å². The molecule has 0 aliphatic carbocycles. The summed E-state index contributed by atoms with van der Waals surface area (Å²) < 4.78 is 16.6. The van der Waals surface area contributed by atoms with E-state index in [1.807, 2.05) is 41.3 Å². The molecule has 0 bridgehead atoms. The van der Waals surface area contributed by atoms with Gasteiger partial charge in [0.05, 0.1) is 32.9 Å². The minimum atomic E-state index is -0.152. The van der Waals surface area contributed by atoms with Gasteiger partial charge in [0, 0.05) is 11.9 Å². The summed E-state index contributed by atoms with van der Waals surface area (Å²) in [4.78, 5) is 19.1. The zero-order chi connectivity index (χ0) is 22.9. The summed E-state index contributed by atoms with van der Waals surface area (Å²) in [7, 11) is 4.72. The molecule has 4 aromatic rings. The molecule has 0 fully saturated rings. The molecule has 0 saturated carbocycles. The van der Waals surface area contributed by atoms with Crippen molar-refractivity contribution in [2.75, 3.05) is 27.9 Å². The van der Waals surface area contributed by atoms with Crippen molar-refractivity contribution in [3.63, 3.8) is 0 Å². The molecule has 1 amide bonds. The number of carbonyl (C=O) groups is 1. The molecular formula is C27H26N2O4. The number of aromatic nitrogens is 1. The van der Waals surface area contributed by atoms with Crippen molar-refractivity contribution in [2.45, 2.75) is 12.5 Å². The Labute approximate surface area is 192 Å². The fraction of sp³-hybridized carbons (Fsp3) is 0.222. The normalized spacial score (nSPS) is 15.2. The van der Waals surface area contributed by atoms with Crippen molar-refractivity contribution in [3.8, 4) is 17.2 Å². The van der Waals surface area contributed by atoms with Gasteiger partial charge >= 0.3 is 0 Å². The smallest absolute Gasteiger partial charge is 0.271 e. The molecule has 0 unspecified atom stereocenters. The highest BCUT2D eigenvalue weighted by Gasteiger charge is 2.33. The average molecular weight is 443 g/mol. The first-order valence-electron chi connectivity index (χ1n) is 10.9. The predicted molar refractivity (Wildman–Crippen MR) is 127 cm³/mol. The molecule has 6 nitrogen and oxygen atoms in total. The van der Waals surface area contributed by atoms with Gasteiger partial charge in [-0.1, -0.05) is 54.6 Å². The van der Waals surface area contributed by atoms with E-state index < -0.39 is 0 Å². The van der Waals surface area contributed by atoms with Crippen molar-refractivity contribution in [2.24, 2.45) is 0 Å². The number of nitrogens with zero attached hydrogens (tertiary/aromatic N) is 1. The summed E-state index contributed by atoms with van der Waals surface area (Å²) in [6.07, 6.45) is 0.816. The van der Waals surface area contributed by atoms with Gasteiger partial charge in [0.1, 0.15) is 5.69 Å². The number of amides is 1. The minimum absolute atomic E-state index is 0.0606. The first-order chi connectivity index (χ1) is 16.2. The molecule has 0 radical (unpaired) electrons. The van der Waals surface area contributed by atoms with Gasteiger partial charge in [-0.15, -0.1) is 0 Å². The van der Waals surface area contributed by atoms with Crippen LogP contribution in [0.25, 0.3) is 10.9 Å². The second-order valence-electron chi connectivity index (χ2n) is 8.05. The van der Waals surface area contributed by atoms with Crippen LogP contribution < -0.4 is 14.2 Å². The largest absolute Gasteiger partial charge is 0.493 e. The van der Waals surface area contributed by atoms with E-state index in [9.17, 15) is 4.79 Å². The summed E-state index contributed by atoms with van der Waals surface area (Å²) in [5.41, 5.74) is 4.74. The van der Waals surface area contributed by atoms with Crippen molar-refractivity contribution in [1.29, 1.82) is 0 Å². The maximum atomic E-state index is 13.9. The second-order valence-corrected chi connectivity index (χ2v) is 8.05. The summed E-state index contributed by atoms with van der Waals surface area (Å²) in [5, 5.41) is 0.821. The molecule has 168 valence electrons. The molecule has 0 spiro atoms. The van der Waals surface area contributed by atoms with E-state index in [-0.39, 0.29) is 11.9 Å². The Morgan fingerprint density at radius 2 is 1.64 bits per heavy atom. The maximum absolute atomic E-state index is 13.9. The highest BCUT2D eigenvalue weighted by Crippen LogP contribution is 2.43. The van der Waals surface area contributed by atoms with Crippen LogP contribution in [0.15, 0.2) is 66.7 Å². The number of nitrogens with one attached hydrogen (secondary N) is 1. The van der Waals surface area contributed by atoms with E-state index >= 15 is 0 Å². The second kappa shape index (κ2) is 8.54. The number of methoxy groups -OCH3 is 3. The molecular weight excluding hydrogens is 416 g/mol. The topological polar surface area (TPSA) is 63.8 Å². The molecule has 33 heavy (non-hydrogen) atoms. The third-order valence-electron chi connectivity index (χ3n) is 6.31. The number of hydrogen-bond donors (Lipinski definition) is 1. The van der Waals surface area contributed by atoms with Crippen molar-refractivity contribution in [1.82, 2.24) is 9.88 Å². The van der Waals surface area contributed by atoms with E-state index in [1.54, 1.807) is 21.3 Å². The highest BCUT2D eigenvalue weighted by molar-refractivity contribution is 6.01. The Hall–Kier alpha value is -3.93. The van der Waals surface area contributed by atoms with Crippen LogP contribution in [0.4, 0.5) is 0 Å². The number of benzene rings is 3. The summed E-state index contributed by atoms with van der Waals surface area (Å²) in [5.74, 6) is 1.49.